The molecular weight excluding hydrogens is 392 g/mol. The number of sulfonamides is 1. The third-order valence-corrected chi connectivity index (χ3v) is 6.19. The summed E-state index contributed by atoms with van der Waals surface area (Å²) in [4.78, 5) is 17.5. The summed E-state index contributed by atoms with van der Waals surface area (Å²) in [6.07, 6.45) is 3.40. The van der Waals surface area contributed by atoms with E-state index >= 15 is 0 Å². The summed E-state index contributed by atoms with van der Waals surface area (Å²) in [6.45, 7) is 3.58. The Morgan fingerprint density at radius 1 is 1.14 bits per heavy atom. The van der Waals surface area contributed by atoms with Gasteiger partial charge in [0.25, 0.3) is 0 Å². The first-order chi connectivity index (χ1) is 13.8. The quantitative estimate of drug-likeness (QED) is 0.723. The molecule has 0 spiro atoms. The molecule has 1 N–H and O–H groups in total. The van der Waals surface area contributed by atoms with Gasteiger partial charge >= 0.3 is 0 Å². The second-order valence-electron chi connectivity index (χ2n) is 7.25. The van der Waals surface area contributed by atoms with E-state index in [1.165, 1.54) is 12.5 Å². The third kappa shape index (κ3) is 5.13. The highest BCUT2D eigenvalue weighted by molar-refractivity contribution is 7.89. The van der Waals surface area contributed by atoms with E-state index in [0.29, 0.717) is 23.5 Å². The summed E-state index contributed by atoms with van der Waals surface area (Å²) in [6, 6.07) is 4.75. The fourth-order valence-electron chi connectivity index (χ4n) is 3.17. The van der Waals surface area contributed by atoms with E-state index in [1.54, 1.807) is 31.1 Å². The Morgan fingerprint density at radius 2 is 1.86 bits per heavy atom. The zero-order valence-corrected chi connectivity index (χ0v) is 18.2. The topological polar surface area (TPSA) is 101 Å². The molecule has 1 fully saturated rings. The van der Waals surface area contributed by atoms with Crippen LogP contribution in [0.4, 0.5) is 11.9 Å². The Morgan fingerprint density at radius 3 is 2.48 bits per heavy atom. The molecule has 0 aliphatic carbocycles. The molecule has 1 saturated heterocycles. The van der Waals surface area contributed by atoms with Crippen molar-refractivity contribution in [1.82, 2.24) is 19.7 Å². The molecule has 158 valence electrons. The lowest BCUT2D eigenvalue weighted by Crippen LogP contribution is -2.33. The van der Waals surface area contributed by atoms with Crippen molar-refractivity contribution in [2.24, 2.45) is 0 Å². The van der Waals surface area contributed by atoms with Crippen molar-refractivity contribution in [3.05, 3.63) is 29.6 Å². The van der Waals surface area contributed by atoms with E-state index < -0.39 is 10.0 Å². The number of nitrogens with zero attached hydrogens (tertiary/aromatic N) is 5. The monoisotopic (exact) mass is 420 g/mol. The summed E-state index contributed by atoms with van der Waals surface area (Å²) < 4.78 is 33.2. The molecule has 1 aromatic carbocycles. The number of benzene rings is 1. The molecule has 10 heteroatoms. The van der Waals surface area contributed by atoms with Crippen LogP contribution in [-0.4, -0.2) is 57.7 Å². The van der Waals surface area contributed by atoms with Crippen LogP contribution in [0.25, 0.3) is 0 Å². The largest absolute Gasteiger partial charge is 0.496 e. The summed E-state index contributed by atoms with van der Waals surface area (Å²) in [5.74, 6) is 2.13. The minimum Gasteiger partial charge on any atom is -0.496 e. The van der Waals surface area contributed by atoms with Gasteiger partial charge in [0.1, 0.15) is 5.75 Å². The van der Waals surface area contributed by atoms with Crippen LogP contribution in [0, 0.1) is 6.92 Å². The van der Waals surface area contributed by atoms with Gasteiger partial charge < -0.3 is 14.5 Å². The number of rotatable bonds is 7. The number of aryl methyl sites for hydroxylation is 1. The summed E-state index contributed by atoms with van der Waals surface area (Å²) in [7, 11) is 1.54. The summed E-state index contributed by atoms with van der Waals surface area (Å²) in [5.41, 5.74) is 0.748. The first kappa shape index (κ1) is 21.3. The SMILES string of the molecule is COc1ccc(S(=O)(=O)NCc2nc(N(C)C)nc(N3CCCCC3)n2)cc1C. The van der Waals surface area contributed by atoms with Gasteiger partial charge in [-0.25, -0.2) is 13.1 Å². The minimum atomic E-state index is -3.71. The van der Waals surface area contributed by atoms with E-state index in [9.17, 15) is 8.42 Å². The molecule has 1 aliphatic rings. The Kier molecular flexibility index (Phi) is 6.53. The predicted molar refractivity (Wildman–Crippen MR) is 112 cm³/mol. The molecule has 0 amide bonds. The predicted octanol–water partition coefficient (Wildman–Crippen LogP) is 1.72. The highest BCUT2D eigenvalue weighted by Gasteiger charge is 2.19. The van der Waals surface area contributed by atoms with E-state index in [0.717, 1.165) is 31.5 Å². The van der Waals surface area contributed by atoms with Crippen molar-refractivity contribution in [2.45, 2.75) is 37.6 Å². The number of aromatic nitrogens is 3. The Bertz CT molecular complexity index is 958. The standard InChI is InChI=1S/C19H28N6O3S/c1-14-12-15(8-9-16(14)28-4)29(26,27)20-13-17-21-18(24(2)3)23-19(22-17)25-10-6-5-7-11-25/h8-9,12,20H,5-7,10-11,13H2,1-4H3. The van der Waals surface area contributed by atoms with Gasteiger partial charge in [0.05, 0.1) is 18.6 Å². The Balaban J connectivity index is 1.81. The van der Waals surface area contributed by atoms with E-state index in [4.69, 9.17) is 4.74 Å². The maximum absolute atomic E-state index is 12.7. The first-order valence-corrected chi connectivity index (χ1v) is 11.1. The van der Waals surface area contributed by atoms with Crippen LogP contribution >= 0.6 is 0 Å². The average Bonchev–Trinajstić information content (AvgIpc) is 2.72. The van der Waals surface area contributed by atoms with E-state index in [1.807, 2.05) is 14.1 Å². The second-order valence-corrected chi connectivity index (χ2v) is 9.02. The van der Waals surface area contributed by atoms with Crippen LogP contribution in [0.5, 0.6) is 5.75 Å². The smallest absolute Gasteiger partial charge is 0.240 e. The lowest BCUT2D eigenvalue weighted by molar-refractivity contribution is 0.411. The van der Waals surface area contributed by atoms with Gasteiger partial charge in [-0.2, -0.15) is 15.0 Å². The number of ether oxygens (including phenoxy) is 1. The van der Waals surface area contributed by atoms with Crippen LogP contribution in [0.3, 0.4) is 0 Å². The molecular formula is C19H28N6O3S. The van der Waals surface area contributed by atoms with Gasteiger partial charge in [-0.1, -0.05) is 0 Å². The minimum absolute atomic E-state index is 0.0163. The maximum atomic E-state index is 12.7. The average molecular weight is 421 g/mol. The molecule has 0 radical (unpaired) electrons. The van der Waals surface area contributed by atoms with Crippen molar-refractivity contribution in [3.8, 4) is 5.75 Å². The molecule has 9 nitrogen and oxygen atoms in total. The lowest BCUT2D eigenvalue weighted by atomic mass is 10.1. The maximum Gasteiger partial charge on any atom is 0.240 e. The van der Waals surface area contributed by atoms with Crippen molar-refractivity contribution in [3.63, 3.8) is 0 Å². The number of nitrogens with one attached hydrogen (secondary N) is 1. The van der Waals surface area contributed by atoms with Gasteiger partial charge in [0.2, 0.25) is 21.9 Å². The van der Waals surface area contributed by atoms with Gasteiger partial charge in [0.15, 0.2) is 5.82 Å². The second kappa shape index (κ2) is 8.91. The summed E-state index contributed by atoms with van der Waals surface area (Å²) >= 11 is 0. The Hall–Kier alpha value is -2.46. The zero-order valence-electron chi connectivity index (χ0n) is 17.3. The molecule has 2 aromatic rings. The van der Waals surface area contributed by atoms with Crippen molar-refractivity contribution in [2.75, 3.05) is 44.1 Å². The highest BCUT2D eigenvalue weighted by Crippen LogP contribution is 2.22. The molecule has 0 bridgehead atoms. The molecule has 1 aromatic heterocycles. The number of hydrogen-bond acceptors (Lipinski definition) is 8. The number of methoxy groups -OCH3 is 1. The highest BCUT2D eigenvalue weighted by atomic mass is 32.2. The third-order valence-electron chi connectivity index (χ3n) is 4.79. The number of hydrogen-bond donors (Lipinski definition) is 1. The van der Waals surface area contributed by atoms with Crippen LogP contribution in [-0.2, 0) is 16.6 Å². The van der Waals surface area contributed by atoms with Crippen molar-refractivity contribution in [1.29, 1.82) is 0 Å². The van der Waals surface area contributed by atoms with Crippen molar-refractivity contribution < 1.29 is 13.2 Å². The number of piperidine rings is 1. The van der Waals surface area contributed by atoms with Gasteiger partial charge in [-0.05, 0) is 49.9 Å². The van der Waals surface area contributed by atoms with Crippen molar-refractivity contribution >= 4 is 21.9 Å². The molecule has 2 heterocycles. The normalized spacial score (nSPS) is 14.7. The van der Waals surface area contributed by atoms with Crippen LogP contribution in [0.1, 0.15) is 30.7 Å². The summed E-state index contributed by atoms with van der Waals surface area (Å²) in [5, 5.41) is 0. The molecule has 0 saturated carbocycles. The fourth-order valence-corrected chi connectivity index (χ4v) is 4.24. The lowest BCUT2D eigenvalue weighted by Gasteiger charge is -2.27. The Labute approximate surface area is 172 Å². The first-order valence-electron chi connectivity index (χ1n) is 9.61. The van der Waals surface area contributed by atoms with Gasteiger partial charge in [-0.15, -0.1) is 0 Å². The van der Waals surface area contributed by atoms with E-state index in [-0.39, 0.29) is 11.4 Å². The van der Waals surface area contributed by atoms with Crippen LogP contribution in [0.2, 0.25) is 0 Å². The van der Waals surface area contributed by atoms with Crippen LogP contribution < -0.4 is 19.3 Å². The van der Waals surface area contributed by atoms with Crippen LogP contribution in [0.15, 0.2) is 23.1 Å². The zero-order chi connectivity index (χ0) is 21.0. The van der Waals surface area contributed by atoms with E-state index in [2.05, 4.69) is 24.6 Å². The molecule has 29 heavy (non-hydrogen) atoms. The molecule has 0 unspecified atom stereocenters. The van der Waals surface area contributed by atoms with Gasteiger partial charge in [-0.3, -0.25) is 0 Å². The van der Waals surface area contributed by atoms with Gasteiger partial charge in [0, 0.05) is 27.2 Å². The molecule has 1 aliphatic heterocycles. The molecule has 3 rings (SSSR count). The molecule has 0 atom stereocenters. The fraction of sp³-hybridized carbons (Fsp3) is 0.526. The number of anilines is 2.